The maximum absolute atomic E-state index is 13.3. The minimum Gasteiger partial charge on any atom is -0.507 e. The van der Waals surface area contributed by atoms with Crippen molar-refractivity contribution in [1.29, 1.82) is 0 Å². The van der Waals surface area contributed by atoms with Gasteiger partial charge in [-0.3, -0.25) is 9.59 Å². The van der Waals surface area contributed by atoms with E-state index in [-0.39, 0.29) is 39.2 Å². The molecule has 2 heterocycles. The number of carbonyl (C=O) groups excluding carboxylic acids is 2. The number of halogens is 2. The van der Waals surface area contributed by atoms with E-state index in [0.29, 0.717) is 16.2 Å². The molecular weight excluding hydrogens is 513 g/mol. The molecule has 0 aliphatic carbocycles. The summed E-state index contributed by atoms with van der Waals surface area (Å²) in [7, 11) is 4.29. The number of aliphatic hydroxyl groups is 1. The zero-order valence-corrected chi connectivity index (χ0v) is 21.3. The largest absolute Gasteiger partial charge is 0.507 e. The molecule has 0 spiro atoms. The third-order valence-corrected chi connectivity index (χ3v) is 7.23. The van der Waals surface area contributed by atoms with E-state index in [1.165, 1.54) is 43.6 Å². The Bertz CT molecular complexity index is 1320. The lowest BCUT2D eigenvalue weighted by Gasteiger charge is -2.25. The molecular formula is C25H21Cl2NO6S. The second-order valence-corrected chi connectivity index (χ2v) is 9.31. The summed E-state index contributed by atoms with van der Waals surface area (Å²) >= 11 is 14.1. The predicted molar refractivity (Wildman–Crippen MR) is 135 cm³/mol. The van der Waals surface area contributed by atoms with Gasteiger partial charge in [0.25, 0.3) is 11.7 Å². The topological polar surface area (TPSA) is 85.3 Å². The van der Waals surface area contributed by atoms with Crippen molar-refractivity contribution in [3.05, 3.63) is 79.5 Å². The van der Waals surface area contributed by atoms with Crippen LogP contribution in [-0.4, -0.2) is 43.0 Å². The van der Waals surface area contributed by atoms with Crippen LogP contribution in [0.1, 0.15) is 22.0 Å². The number of ketones is 1. The summed E-state index contributed by atoms with van der Waals surface area (Å²) in [5, 5.41) is 13.4. The zero-order chi connectivity index (χ0) is 25.3. The summed E-state index contributed by atoms with van der Waals surface area (Å²) in [6, 6.07) is 11.4. The highest BCUT2D eigenvalue weighted by molar-refractivity contribution is 7.10. The Hall–Kier alpha value is -3.20. The van der Waals surface area contributed by atoms with E-state index in [0.717, 1.165) is 0 Å². The second-order valence-electron chi connectivity index (χ2n) is 7.54. The van der Waals surface area contributed by atoms with Gasteiger partial charge in [-0.05, 0) is 23.6 Å². The molecule has 1 amide bonds. The number of carbonyl (C=O) groups is 2. The highest BCUT2D eigenvalue weighted by Crippen LogP contribution is 2.48. The van der Waals surface area contributed by atoms with Gasteiger partial charge in [-0.1, -0.05) is 47.5 Å². The number of rotatable bonds is 7. The Morgan fingerprint density at radius 1 is 1.03 bits per heavy atom. The number of thiophene rings is 1. The lowest BCUT2D eigenvalue weighted by Crippen LogP contribution is -2.29. The fourth-order valence-electron chi connectivity index (χ4n) is 4.09. The number of nitrogens with zero attached hydrogens (tertiary/aromatic N) is 1. The molecule has 1 N–H and O–H groups in total. The standard InChI is InChI=1S/C25H21Cl2NO6S/c1-32-16-8-5-4-7-13(16)12-28-20(17-9-6-10-35-17)18(22(30)25(28)31)21(29)14-11-15(26)24(34-3)19(27)23(14)33-2/h4-11,20,29H,12H2,1-3H3/b21-18-. The molecule has 0 saturated carbocycles. The van der Waals surface area contributed by atoms with Gasteiger partial charge in [0.15, 0.2) is 11.5 Å². The Balaban J connectivity index is 1.91. The third-order valence-electron chi connectivity index (χ3n) is 5.68. The van der Waals surface area contributed by atoms with Crippen LogP contribution in [-0.2, 0) is 16.1 Å². The molecule has 2 aromatic carbocycles. The SMILES string of the molecule is COc1ccccc1CN1C(=O)C(=O)/C(=C(\O)c2cc(Cl)c(OC)c(Cl)c2OC)C1c1cccs1. The van der Waals surface area contributed by atoms with Gasteiger partial charge in [0.1, 0.15) is 16.5 Å². The second kappa shape index (κ2) is 10.2. The van der Waals surface area contributed by atoms with Crippen molar-refractivity contribution in [2.75, 3.05) is 21.3 Å². The number of benzene rings is 2. The number of ether oxygens (including phenoxy) is 3. The monoisotopic (exact) mass is 533 g/mol. The molecule has 1 aromatic heterocycles. The maximum Gasteiger partial charge on any atom is 0.295 e. The Morgan fingerprint density at radius 3 is 2.37 bits per heavy atom. The van der Waals surface area contributed by atoms with E-state index in [2.05, 4.69) is 0 Å². The van der Waals surface area contributed by atoms with Gasteiger partial charge in [0.05, 0.1) is 50.1 Å². The molecule has 10 heteroatoms. The van der Waals surface area contributed by atoms with Crippen molar-refractivity contribution in [2.45, 2.75) is 12.6 Å². The van der Waals surface area contributed by atoms with Crippen LogP contribution in [0.2, 0.25) is 10.0 Å². The molecule has 35 heavy (non-hydrogen) atoms. The number of hydrogen-bond acceptors (Lipinski definition) is 7. The van der Waals surface area contributed by atoms with E-state index in [4.69, 9.17) is 37.4 Å². The Morgan fingerprint density at radius 2 is 1.74 bits per heavy atom. The molecule has 0 radical (unpaired) electrons. The van der Waals surface area contributed by atoms with Crippen LogP contribution in [0.5, 0.6) is 17.2 Å². The first-order valence-electron chi connectivity index (χ1n) is 10.4. The van der Waals surface area contributed by atoms with Gasteiger partial charge in [0.2, 0.25) is 0 Å². The van der Waals surface area contributed by atoms with E-state index >= 15 is 0 Å². The number of Topliss-reactive ketones (excluding diaryl/α,β-unsaturated/α-hetero) is 1. The van der Waals surface area contributed by atoms with Crippen LogP contribution < -0.4 is 14.2 Å². The molecule has 182 valence electrons. The number of methoxy groups -OCH3 is 3. The molecule has 1 saturated heterocycles. The van der Waals surface area contributed by atoms with Crippen molar-refractivity contribution in [3.63, 3.8) is 0 Å². The number of hydrogen-bond donors (Lipinski definition) is 1. The molecule has 1 aliphatic rings. The molecule has 1 fully saturated rings. The highest BCUT2D eigenvalue weighted by Gasteiger charge is 2.47. The van der Waals surface area contributed by atoms with Crippen LogP contribution >= 0.6 is 34.5 Å². The number of likely N-dealkylation sites (tertiary alicyclic amines) is 1. The lowest BCUT2D eigenvalue weighted by atomic mass is 9.99. The van der Waals surface area contributed by atoms with Crippen LogP contribution in [0.3, 0.4) is 0 Å². The van der Waals surface area contributed by atoms with Gasteiger partial charge >= 0.3 is 0 Å². The minimum absolute atomic E-state index is 0.0278. The smallest absolute Gasteiger partial charge is 0.295 e. The van der Waals surface area contributed by atoms with Crippen molar-refractivity contribution in [3.8, 4) is 17.2 Å². The fourth-order valence-corrected chi connectivity index (χ4v) is 5.63. The normalized spacial score (nSPS) is 17.1. The molecule has 1 aliphatic heterocycles. The van der Waals surface area contributed by atoms with Crippen molar-refractivity contribution in [1.82, 2.24) is 4.90 Å². The first kappa shape index (κ1) is 24.9. The summed E-state index contributed by atoms with van der Waals surface area (Å²) in [4.78, 5) is 28.7. The van der Waals surface area contributed by atoms with Gasteiger partial charge in [-0.25, -0.2) is 0 Å². The molecule has 1 atom stereocenters. The van der Waals surface area contributed by atoms with Crippen LogP contribution in [0.15, 0.2) is 53.4 Å². The first-order valence-corrected chi connectivity index (χ1v) is 12.0. The van der Waals surface area contributed by atoms with Crippen LogP contribution in [0.25, 0.3) is 5.76 Å². The maximum atomic E-state index is 13.3. The van der Waals surface area contributed by atoms with E-state index < -0.39 is 23.5 Å². The molecule has 7 nitrogen and oxygen atoms in total. The van der Waals surface area contributed by atoms with E-state index in [9.17, 15) is 14.7 Å². The van der Waals surface area contributed by atoms with E-state index in [1.807, 2.05) is 29.6 Å². The summed E-state index contributed by atoms with van der Waals surface area (Å²) in [6.07, 6.45) is 0. The predicted octanol–water partition coefficient (Wildman–Crippen LogP) is 5.70. The average molecular weight is 534 g/mol. The highest BCUT2D eigenvalue weighted by atomic mass is 35.5. The quantitative estimate of drug-likeness (QED) is 0.238. The Kier molecular flexibility index (Phi) is 7.25. The lowest BCUT2D eigenvalue weighted by molar-refractivity contribution is -0.140. The van der Waals surface area contributed by atoms with Gasteiger partial charge in [-0.2, -0.15) is 0 Å². The third kappa shape index (κ3) is 4.33. The molecule has 3 aromatic rings. The molecule has 4 rings (SSSR count). The summed E-state index contributed by atoms with van der Waals surface area (Å²) in [5.41, 5.74) is 0.689. The number of aliphatic hydroxyl groups excluding tert-OH is 1. The van der Waals surface area contributed by atoms with Gasteiger partial charge in [0, 0.05) is 10.4 Å². The average Bonchev–Trinajstić information content (AvgIpc) is 3.47. The fraction of sp³-hybridized carbons (Fsp3) is 0.200. The zero-order valence-electron chi connectivity index (χ0n) is 19.0. The van der Waals surface area contributed by atoms with Gasteiger partial charge < -0.3 is 24.2 Å². The van der Waals surface area contributed by atoms with Crippen molar-refractivity contribution in [2.24, 2.45) is 0 Å². The summed E-state index contributed by atoms with van der Waals surface area (Å²) < 4.78 is 16.1. The summed E-state index contributed by atoms with van der Waals surface area (Å²) in [5.74, 6) is -1.23. The Labute approximate surface area is 216 Å². The summed E-state index contributed by atoms with van der Waals surface area (Å²) in [6.45, 7) is 0.0925. The number of para-hydroxylation sites is 1. The van der Waals surface area contributed by atoms with Crippen molar-refractivity contribution >= 4 is 52.0 Å². The van der Waals surface area contributed by atoms with E-state index in [1.54, 1.807) is 12.1 Å². The number of amides is 1. The van der Waals surface area contributed by atoms with Crippen molar-refractivity contribution < 1.29 is 28.9 Å². The van der Waals surface area contributed by atoms with Gasteiger partial charge in [-0.15, -0.1) is 11.3 Å². The molecule has 0 bridgehead atoms. The van der Waals surface area contributed by atoms with Crippen LogP contribution in [0, 0.1) is 0 Å². The molecule has 1 unspecified atom stereocenters. The van der Waals surface area contributed by atoms with Crippen LogP contribution in [0.4, 0.5) is 0 Å². The minimum atomic E-state index is -0.843. The first-order chi connectivity index (χ1) is 16.8.